The Hall–Kier alpha value is -3.79. The molecule has 0 saturated carbocycles. The van der Waals surface area contributed by atoms with E-state index in [9.17, 15) is 22.0 Å². The van der Waals surface area contributed by atoms with Crippen LogP contribution in [0.4, 0.5) is 14.6 Å². The first kappa shape index (κ1) is 21.4. The van der Waals surface area contributed by atoms with Crippen LogP contribution in [0.25, 0.3) is 22.0 Å². The molecule has 0 amide bonds. The third-order valence-corrected chi connectivity index (χ3v) is 5.16. The fourth-order valence-electron chi connectivity index (χ4n) is 3.25. The average molecular weight is 457 g/mol. The van der Waals surface area contributed by atoms with E-state index in [0.29, 0.717) is 22.4 Å². The smallest absolute Gasteiger partial charge is 0.258 e. The maximum atomic E-state index is 14.1. The summed E-state index contributed by atoms with van der Waals surface area (Å²) in [6, 6.07) is 12.5. The lowest BCUT2D eigenvalue weighted by atomic mass is 10.0. The van der Waals surface area contributed by atoms with E-state index >= 15 is 0 Å². The second kappa shape index (κ2) is 8.04. The van der Waals surface area contributed by atoms with Crippen molar-refractivity contribution in [1.82, 2.24) is 9.55 Å². The SMILES string of the molecule is Cn1cc(-c2cc(Oc3ccc(F)cc3F)cc(NS(C)(=O)=O)n2)c2ccccc2c1=O. The van der Waals surface area contributed by atoms with Gasteiger partial charge in [-0.15, -0.1) is 0 Å². The molecule has 2 aromatic heterocycles. The predicted octanol–water partition coefficient (Wildman–Crippen LogP) is 4.04. The van der Waals surface area contributed by atoms with Gasteiger partial charge < -0.3 is 9.30 Å². The molecule has 1 N–H and O–H groups in total. The molecule has 0 bridgehead atoms. The lowest BCUT2D eigenvalue weighted by Gasteiger charge is -2.14. The summed E-state index contributed by atoms with van der Waals surface area (Å²) in [5.74, 6) is -1.95. The van der Waals surface area contributed by atoms with Crippen LogP contribution in [0.5, 0.6) is 11.5 Å². The van der Waals surface area contributed by atoms with E-state index in [1.807, 2.05) is 0 Å². The molecule has 0 unspecified atom stereocenters. The third-order valence-electron chi connectivity index (χ3n) is 4.58. The van der Waals surface area contributed by atoms with Crippen molar-refractivity contribution in [2.75, 3.05) is 11.0 Å². The predicted molar refractivity (Wildman–Crippen MR) is 117 cm³/mol. The zero-order valence-corrected chi connectivity index (χ0v) is 17.8. The quantitative estimate of drug-likeness (QED) is 0.489. The molecule has 0 radical (unpaired) electrons. The van der Waals surface area contributed by atoms with Crippen molar-refractivity contribution in [3.8, 4) is 22.8 Å². The number of aromatic nitrogens is 2. The summed E-state index contributed by atoms with van der Waals surface area (Å²) < 4.78 is 60.1. The Bertz CT molecular complexity index is 1520. The van der Waals surface area contributed by atoms with Crippen molar-refractivity contribution in [3.63, 3.8) is 0 Å². The molecule has 0 aliphatic carbocycles. The molecule has 2 aromatic carbocycles. The number of fused-ring (bicyclic) bond motifs is 1. The van der Waals surface area contributed by atoms with Gasteiger partial charge in [-0.1, -0.05) is 18.2 Å². The van der Waals surface area contributed by atoms with Gasteiger partial charge in [0, 0.05) is 42.4 Å². The highest BCUT2D eigenvalue weighted by molar-refractivity contribution is 7.92. The number of anilines is 1. The molecule has 0 fully saturated rings. The van der Waals surface area contributed by atoms with Gasteiger partial charge in [0.15, 0.2) is 11.6 Å². The molecule has 4 aromatic rings. The van der Waals surface area contributed by atoms with Gasteiger partial charge in [-0.2, -0.15) is 0 Å². The van der Waals surface area contributed by atoms with E-state index < -0.39 is 21.7 Å². The topological polar surface area (TPSA) is 90.3 Å². The lowest BCUT2D eigenvalue weighted by Crippen LogP contribution is -2.16. The molecule has 164 valence electrons. The fraction of sp³-hybridized carbons (Fsp3) is 0.0909. The van der Waals surface area contributed by atoms with Crippen LogP contribution in [0, 0.1) is 11.6 Å². The van der Waals surface area contributed by atoms with Gasteiger partial charge >= 0.3 is 0 Å². The monoisotopic (exact) mass is 457 g/mol. The van der Waals surface area contributed by atoms with E-state index in [4.69, 9.17) is 4.74 Å². The molecule has 0 saturated heterocycles. The number of ether oxygens (including phenoxy) is 1. The van der Waals surface area contributed by atoms with Crippen LogP contribution >= 0.6 is 0 Å². The van der Waals surface area contributed by atoms with Crippen molar-refractivity contribution in [2.45, 2.75) is 0 Å². The van der Waals surface area contributed by atoms with Gasteiger partial charge in [0.1, 0.15) is 17.4 Å². The van der Waals surface area contributed by atoms with E-state index in [0.717, 1.165) is 18.4 Å². The second-order valence-electron chi connectivity index (χ2n) is 7.13. The first-order valence-corrected chi connectivity index (χ1v) is 11.2. The molecule has 0 spiro atoms. The summed E-state index contributed by atoms with van der Waals surface area (Å²) in [6.45, 7) is 0. The van der Waals surface area contributed by atoms with Gasteiger partial charge in [-0.25, -0.2) is 22.2 Å². The maximum Gasteiger partial charge on any atom is 0.258 e. The average Bonchev–Trinajstić information content (AvgIpc) is 2.71. The Balaban J connectivity index is 1.92. The highest BCUT2D eigenvalue weighted by Gasteiger charge is 2.15. The zero-order chi connectivity index (χ0) is 23.0. The normalized spacial score (nSPS) is 11.5. The number of aryl methyl sites for hydroxylation is 1. The molecule has 0 atom stereocenters. The van der Waals surface area contributed by atoms with Crippen LogP contribution < -0.4 is 15.0 Å². The van der Waals surface area contributed by atoms with Gasteiger partial charge in [-0.3, -0.25) is 9.52 Å². The fourth-order valence-corrected chi connectivity index (χ4v) is 3.73. The molecule has 4 rings (SSSR count). The number of pyridine rings is 2. The van der Waals surface area contributed by atoms with E-state index in [1.165, 1.54) is 16.7 Å². The van der Waals surface area contributed by atoms with Gasteiger partial charge in [0.2, 0.25) is 10.0 Å². The lowest BCUT2D eigenvalue weighted by molar-refractivity contribution is 0.437. The van der Waals surface area contributed by atoms with Gasteiger partial charge in [0.25, 0.3) is 5.56 Å². The molecule has 32 heavy (non-hydrogen) atoms. The molecule has 10 heteroatoms. The largest absolute Gasteiger partial charge is 0.454 e. The first-order valence-electron chi connectivity index (χ1n) is 9.32. The molecule has 7 nitrogen and oxygen atoms in total. The number of rotatable bonds is 5. The summed E-state index contributed by atoms with van der Waals surface area (Å²) in [5, 5.41) is 1.04. The highest BCUT2D eigenvalue weighted by Crippen LogP contribution is 2.33. The van der Waals surface area contributed by atoms with Crippen molar-refractivity contribution in [3.05, 3.63) is 82.8 Å². The van der Waals surface area contributed by atoms with Gasteiger partial charge in [-0.05, 0) is 23.6 Å². The van der Waals surface area contributed by atoms with Crippen LogP contribution in [-0.4, -0.2) is 24.2 Å². The number of hydrogen-bond acceptors (Lipinski definition) is 5. The summed E-state index contributed by atoms with van der Waals surface area (Å²) in [5.41, 5.74) is 0.604. The maximum absolute atomic E-state index is 14.1. The van der Waals surface area contributed by atoms with Crippen molar-refractivity contribution < 1.29 is 21.9 Å². The Morgan fingerprint density at radius 3 is 2.44 bits per heavy atom. The van der Waals surface area contributed by atoms with Crippen molar-refractivity contribution in [1.29, 1.82) is 0 Å². The number of benzene rings is 2. The summed E-state index contributed by atoms with van der Waals surface area (Å²) in [6.07, 6.45) is 2.53. The van der Waals surface area contributed by atoms with Crippen LogP contribution in [0.1, 0.15) is 0 Å². The van der Waals surface area contributed by atoms with Crippen LogP contribution in [-0.2, 0) is 17.1 Å². The minimum absolute atomic E-state index is 0.0598. The molecular weight excluding hydrogens is 440 g/mol. The Morgan fingerprint density at radius 2 is 1.75 bits per heavy atom. The number of sulfonamides is 1. The Morgan fingerprint density at radius 1 is 1.03 bits per heavy atom. The van der Waals surface area contributed by atoms with Crippen LogP contribution in [0.15, 0.2) is 65.6 Å². The van der Waals surface area contributed by atoms with E-state index in [-0.39, 0.29) is 28.6 Å². The molecule has 0 aliphatic rings. The number of nitrogens with one attached hydrogen (secondary N) is 1. The third kappa shape index (κ3) is 4.45. The van der Waals surface area contributed by atoms with Crippen LogP contribution in [0.2, 0.25) is 0 Å². The summed E-state index contributed by atoms with van der Waals surface area (Å²) in [7, 11) is -2.10. The standard InChI is InChI=1S/C22H17F2N3O4S/c1-27-12-17(15-5-3-4-6-16(15)22(27)28)19-10-14(11-21(25-19)26-32(2,29)30)31-20-8-7-13(23)9-18(20)24/h3-12H,1-2H3,(H,25,26). The minimum atomic E-state index is -3.68. The number of nitrogens with zero attached hydrogens (tertiary/aromatic N) is 2. The number of hydrogen-bond donors (Lipinski definition) is 1. The Kier molecular flexibility index (Phi) is 5.39. The number of halogens is 2. The second-order valence-corrected chi connectivity index (χ2v) is 8.88. The summed E-state index contributed by atoms with van der Waals surface area (Å²) >= 11 is 0. The zero-order valence-electron chi connectivity index (χ0n) is 17.0. The van der Waals surface area contributed by atoms with E-state index in [1.54, 1.807) is 37.5 Å². The summed E-state index contributed by atoms with van der Waals surface area (Å²) in [4.78, 5) is 16.8. The van der Waals surface area contributed by atoms with Crippen molar-refractivity contribution >= 4 is 26.6 Å². The highest BCUT2D eigenvalue weighted by atomic mass is 32.2. The molecule has 0 aliphatic heterocycles. The van der Waals surface area contributed by atoms with Crippen LogP contribution in [0.3, 0.4) is 0 Å². The molecule has 2 heterocycles. The van der Waals surface area contributed by atoms with Gasteiger partial charge in [0.05, 0.1) is 11.9 Å². The molecular formula is C22H17F2N3O4S. The van der Waals surface area contributed by atoms with Crippen molar-refractivity contribution in [2.24, 2.45) is 7.05 Å². The minimum Gasteiger partial charge on any atom is -0.454 e. The van der Waals surface area contributed by atoms with E-state index in [2.05, 4.69) is 9.71 Å². The Labute approximate surface area is 182 Å². The first-order chi connectivity index (χ1) is 15.1.